The molecule has 2 atom stereocenters. The SMILES string of the molecule is O=[N+]([O-])c1cc(NC2CCCCC2C(F)(F)F)ccc1Br. The third-order valence-electron chi connectivity index (χ3n) is 3.68. The second-order valence-electron chi connectivity index (χ2n) is 5.11. The van der Waals surface area contributed by atoms with Crippen molar-refractivity contribution in [1.82, 2.24) is 0 Å². The zero-order valence-corrected chi connectivity index (χ0v) is 12.6. The lowest BCUT2D eigenvalue weighted by atomic mass is 9.84. The van der Waals surface area contributed by atoms with Gasteiger partial charge in [0.2, 0.25) is 0 Å². The highest BCUT2D eigenvalue weighted by molar-refractivity contribution is 9.10. The van der Waals surface area contributed by atoms with Gasteiger partial charge in [0.05, 0.1) is 15.3 Å². The Balaban J connectivity index is 2.20. The summed E-state index contributed by atoms with van der Waals surface area (Å²) in [7, 11) is 0. The lowest BCUT2D eigenvalue weighted by Crippen LogP contribution is -2.41. The molecule has 0 aliphatic heterocycles. The predicted molar refractivity (Wildman–Crippen MR) is 76.2 cm³/mol. The summed E-state index contributed by atoms with van der Waals surface area (Å²) in [5.41, 5.74) is 0.172. The summed E-state index contributed by atoms with van der Waals surface area (Å²) >= 11 is 3.05. The van der Waals surface area contributed by atoms with Gasteiger partial charge in [0.1, 0.15) is 0 Å². The number of alkyl halides is 3. The average molecular weight is 367 g/mol. The summed E-state index contributed by atoms with van der Waals surface area (Å²) in [6, 6.07) is 3.52. The fraction of sp³-hybridized carbons (Fsp3) is 0.538. The predicted octanol–water partition coefficient (Wildman–Crippen LogP) is 4.89. The first kappa shape index (κ1) is 16.1. The van der Waals surface area contributed by atoms with Crippen LogP contribution in [0.1, 0.15) is 25.7 Å². The fourth-order valence-corrected chi connectivity index (χ4v) is 3.04. The van der Waals surface area contributed by atoms with Crippen LogP contribution in [0.3, 0.4) is 0 Å². The number of nitro benzene ring substituents is 1. The third kappa shape index (κ3) is 3.87. The molecular formula is C13H14BrF3N2O2. The van der Waals surface area contributed by atoms with Crippen molar-refractivity contribution in [1.29, 1.82) is 0 Å². The minimum Gasteiger partial charge on any atom is -0.381 e. The van der Waals surface area contributed by atoms with E-state index in [1.807, 2.05) is 0 Å². The van der Waals surface area contributed by atoms with E-state index in [0.717, 1.165) is 6.42 Å². The standard InChI is InChI=1S/C13H14BrF3N2O2/c14-10-6-5-8(7-12(10)19(20)21)18-11-4-2-1-3-9(11)13(15,16)17/h5-7,9,11,18H,1-4H2. The zero-order valence-electron chi connectivity index (χ0n) is 11.0. The average Bonchev–Trinajstić information content (AvgIpc) is 2.40. The lowest BCUT2D eigenvalue weighted by Gasteiger charge is -2.34. The highest BCUT2D eigenvalue weighted by atomic mass is 79.9. The third-order valence-corrected chi connectivity index (χ3v) is 4.35. The number of halogens is 4. The van der Waals surface area contributed by atoms with Gasteiger partial charge in [0, 0.05) is 17.8 Å². The largest absolute Gasteiger partial charge is 0.393 e. The molecule has 0 saturated heterocycles. The maximum absolute atomic E-state index is 13.0. The van der Waals surface area contributed by atoms with Crippen LogP contribution in [-0.2, 0) is 0 Å². The van der Waals surface area contributed by atoms with Crippen molar-refractivity contribution in [2.75, 3.05) is 5.32 Å². The highest BCUT2D eigenvalue weighted by Gasteiger charge is 2.45. The van der Waals surface area contributed by atoms with E-state index < -0.39 is 23.1 Å². The molecule has 1 aromatic rings. The van der Waals surface area contributed by atoms with Gasteiger partial charge in [-0.3, -0.25) is 10.1 Å². The van der Waals surface area contributed by atoms with Crippen LogP contribution in [0, 0.1) is 16.0 Å². The molecule has 0 heterocycles. The van der Waals surface area contributed by atoms with Gasteiger partial charge in [0.15, 0.2) is 0 Å². The molecule has 2 unspecified atom stereocenters. The number of anilines is 1. The van der Waals surface area contributed by atoms with Crippen molar-refractivity contribution < 1.29 is 18.1 Å². The maximum atomic E-state index is 13.0. The Morgan fingerprint density at radius 2 is 1.95 bits per heavy atom. The Morgan fingerprint density at radius 3 is 2.57 bits per heavy atom. The molecule has 0 spiro atoms. The van der Waals surface area contributed by atoms with E-state index in [1.165, 1.54) is 12.1 Å². The molecule has 0 bridgehead atoms. The van der Waals surface area contributed by atoms with Crippen LogP contribution in [0.25, 0.3) is 0 Å². The first-order valence-electron chi connectivity index (χ1n) is 6.56. The van der Waals surface area contributed by atoms with Crippen LogP contribution in [-0.4, -0.2) is 17.1 Å². The molecule has 0 amide bonds. The smallest absolute Gasteiger partial charge is 0.381 e. The number of hydrogen-bond acceptors (Lipinski definition) is 3. The summed E-state index contributed by atoms with van der Waals surface area (Å²) < 4.78 is 39.3. The van der Waals surface area contributed by atoms with E-state index in [0.29, 0.717) is 23.0 Å². The number of rotatable bonds is 3. The highest BCUT2D eigenvalue weighted by Crippen LogP contribution is 2.39. The van der Waals surface area contributed by atoms with Crippen molar-refractivity contribution >= 4 is 27.3 Å². The minimum atomic E-state index is -4.25. The number of hydrogen-bond donors (Lipinski definition) is 1. The normalized spacial score (nSPS) is 22.9. The van der Waals surface area contributed by atoms with Gasteiger partial charge >= 0.3 is 6.18 Å². The monoisotopic (exact) mass is 366 g/mol. The van der Waals surface area contributed by atoms with Crippen LogP contribution < -0.4 is 5.32 Å². The molecule has 8 heteroatoms. The van der Waals surface area contributed by atoms with Crippen LogP contribution in [0.4, 0.5) is 24.5 Å². The summed E-state index contributed by atoms with van der Waals surface area (Å²) in [5.74, 6) is -1.41. The molecule has 0 aromatic heterocycles. The summed E-state index contributed by atoms with van der Waals surface area (Å²) in [6.07, 6.45) is -2.46. The zero-order chi connectivity index (χ0) is 15.6. The van der Waals surface area contributed by atoms with Gasteiger partial charge in [0.25, 0.3) is 5.69 Å². The molecule has 1 saturated carbocycles. The van der Waals surface area contributed by atoms with Gasteiger partial charge in [-0.25, -0.2) is 0 Å². The Morgan fingerprint density at radius 1 is 1.29 bits per heavy atom. The molecule has 1 aromatic carbocycles. The molecule has 0 radical (unpaired) electrons. The Kier molecular flexibility index (Phi) is 4.75. The fourth-order valence-electron chi connectivity index (χ4n) is 2.65. The first-order chi connectivity index (χ1) is 9.79. The van der Waals surface area contributed by atoms with Crippen LogP contribution in [0.2, 0.25) is 0 Å². The van der Waals surface area contributed by atoms with Gasteiger partial charge < -0.3 is 5.32 Å². The molecule has 1 aliphatic rings. The maximum Gasteiger partial charge on any atom is 0.393 e. The Labute approximate surface area is 128 Å². The second-order valence-corrected chi connectivity index (χ2v) is 5.96. The molecule has 1 aliphatic carbocycles. The minimum absolute atomic E-state index is 0.0970. The van der Waals surface area contributed by atoms with E-state index in [4.69, 9.17) is 0 Å². The molecule has 21 heavy (non-hydrogen) atoms. The Hall–Kier alpha value is -1.31. The number of nitrogens with zero attached hydrogens (tertiary/aromatic N) is 1. The molecule has 2 rings (SSSR count). The van der Waals surface area contributed by atoms with Crippen LogP contribution in [0.15, 0.2) is 22.7 Å². The Bertz CT molecular complexity index is 537. The van der Waals surface area contributed by atoms with E-state index in [1.54, 1.807) is 6.07 Å². The quantitative estimate of drug-likeness (QED) is 0.611. The van der Waals surface area contributed by atoms with Crippen molar-refractivity contribution in [3.05, 3.63) is 32.8 Å². The molecular weight excluding hydrogens is 353 g/mol. The van der Waals surface area contributed by atoms with E-state index in [2.05, 4.69) is 21.2 Å². The summed E-state index contributed by atoms with van der Waals surface area (Å²) in [5, 5.41) is 13.7. The lowest BCUT2D eigenvalue weighted by molar-refractivity contribution is -0.385. The number of nitro groups is 1. The van der Waals surface area contributed by atoms with E-state index in [9.17, 15) is 23.3 Å². The van der Waals surface area contributed by atoms with Gasteiger partial charge in [-0.15, -0.1) is 0 Å². The van der Waals surface area contributed by atoms with Crippen LogP contribution >= 0.6 is 15.9 Å². The van der Waals surface area contributed by atoms with Gasteiger partial charge in [-0.05, 0) is 40.9 Å². The second kappa shape index (κ2) is 6.21. The molecule has 1 fully saturated rings. The molecule has 4 nitrogen and oxygen atoms in total. The molecule has 1 N–H and O–H groups in total. The summed E-state index contributed by atoms with van der Waals surface area (Å²) in [6.45, 7) is 0. The molecule has 116 valence electrons. The van der Waals surface area contributed by atoms with E-state index in [-0.39, 0.29) is 12.1 Å². The number of benzene rings is 1. The van der Waals surface area contributed by atoms with Crippen molar-refractivity contribution in [2.24, 2.45) is 5.92 Å². The van der Waals surface area contributed by atoms with Gasteiger partial charge in [-0.2, -0.15) is 13.2 Å². The topological polar surface area (TPSA) is 55.2 Å². The number of nitrogens with one attached hydrogen (secondary N) is 1. The summed E-state index contributed by atoms with van der Waals surface area (Å²) in [4.78, 5) is 10.3. The van der Waals surface area contributed by atoms with E-state index >= 15 is 0 Å². The van der Waals surface area contributed by atoms with Crippen molar-refractivity contribution in [3.63, 3.8) is 0 Å². The first-order valence-corrected chi connectivity index (χ1v) is 7.35. The van der Waals surface area contributed by atoms with Crippen molar-refractivity contribution in [3.8, 4) is 0 Å². The van der Waals surface area contributed by atoms with Gasteiger partial charge in [-0.1, -0.05) is 12.8 Å². The van der Waals surface area contributed by atoms with Crippen LogP contribution in [0.5, 0.6) is 0 Å². The van der Waals surface area contributed by atoms with Crippen molar-refractivity contribution in [2.45, 2.75) is 37.9 Å².